The Morgan fingerprint density at radius 1 is 1.08 bits per heavy atom. The first-order chi connectivity index (χ1) is 12.1. The molecule has 0 spiro atoms. The van der Waals surface area contributed by atoms with Crippen LogP contribution < -0.4 is 4.72 Å². The molecule has 0 unspecified atom stereocenters. The van der Waals surface area contributed by atoms with Crippen LogP contribution in [0, 0.1) is 0 Å². The van der Waals surface area contributed by atoms with Crippen LogP contribution in [0.4, 0.5) is 5.69 Å². The van der Waals surface area contributed by atoms with Crippen molar-refractivity contribution < 1.29 is 8.42 Å². The summed E-state index contributed by atoms with van der Waals surface area (Å²) in [6, 6.07) is 14.6. The van der Waals surface area contributed by atoms with Crippen molar-refractivity contribution in [2.75, 3.05) is 4.72 Å². The Hall–Kier alpha value is -2.34. The van der Waals surface area contributed by atoms with Crippen molar-refractivity contribution in [2.24, 2.45) is 0 Å². The predicted octanol–water partition coefficient (Wildman–Crippen LogP) is 4.16. The summed E-state index contributed by atoms with van der Waals surface area (Å²) >= 11 is 0. The Morgan fingerprint density at radius 2 is 1.84 bits per heavy atom. The fraction of sp³-hybridized carbons (Fsp3) is 0.316. The third-order valence-electron chi connectivity index (χ3n) is 4.71. The van der Waals surface area contributed by atoms with Crippen LogP contribution in [0.1, 0.15) is 43.0 Å². The number of anilines is 1. The van der Waals surface area contributed by atoms with Crippen molar-refractivity contribution >= 4 is 26.7 Å². The van der Waals surface area contributed by atoms with E-state index in [4.69, 9.17) is 0 Å². The highest BCUT2D eigenvalue weighted by molar-refractivity contribution is 7.91. The Morgan fingerprint density at radius 3 is 2.60 bits per heavy atom. The van der Waals surface area contributed by atoms with E-state index in [-0.39, 0.29) is 5.75 Å². The monoisotopic (exact) mass is 355 g/mol. The molecule has 130 valence electrons. The summed E-state index contributed by atoms with van der Waals surface area (Å²) in [5, 5.41) is 0. The van der Waals surface area contributed by atoms with Gasteiger partial charge in [-0.2, -0.15) is 0 Å². The standard InChI is InChI=1S/C19H21N3O2S/c23-25(24,13-14-6-2-1-3-7-14)22-16-10-11-17-18(12-16)21-19(20-17)15-8-4-5-9-15/h1-3,6-7,10-12,15,22H,4-5,8-9,13H2,(H,20,21). The Kier molecular flexibility index (Phi) is 4.21. The quantitative estimate of drug-likeness (QED) is 0.721. The lowest BCUT2D eigenvalue weighted by Crippen LogP contribution is -2.14. The molecule has 1 heterocycles. The fourth-order valence-electron chi connectivity index (χ4n) is 3.49. The van der Waals surface area contributed by atoms with E-state index in [0.29, 0.717) is 11.6 Å². The molecule has 1 aliphatic rings. The summed E-state index contributed by atoms with van der Waals surface area (Å²) in [5.74, 6) is 1.49. The highest BCUT2D eigenvalue weighted by atomic mass is 32.2. The number of fused-ring (bicyclic) bond motifs is 1. The van der Waals surface area contributed by atoms with E-state index in [1.54, 1.807) is 6.07 Å². The van der Waals surface area contributed by atoms with Crippen LogP contribution in [0.3, 0.4) is 0 Å². The number of nitrogens with zero attached hydrogens (tertiary/aromatic N) is 1. The van der Waals surface area contributed by atoms with Crippen LogP contribution in [-0.4, -0.2) is 18.4 Å². The Balaban J connectivity index is 1.54. The lowest BCUT2D eigenvalue weighted by molar-refractivity contribution is 0.600. The van der Waals surface area contributed by atoms with Crippen LogP contribution in [-0.2, 0) is 15.8 Å². The van der Waals surface area contributed by atoms with Crippen molar-refractivity contribution in [3.8, 4) is 0 Å². The molecule has 2 N–H and O–H groups in total. The normalized spacial score (nSPS) is 15.7. The van der Waals surface area contributed by atoms with Gasteiger partial charge in [0.1, 0.15) is 5.82 Å². The van der Waals surface area contributed by atoms with E-state index in [9.17, 15) is 8.42 Å². The number of sulfonamides is 1. The molecule has 3 aromatic rings. The van der Waals surface area contributed by atoms with Crippen molar-refractivity contribution in [3.63, 3.8) is 0 Å². The first-order valence-electron chi connectivity index (χ1n) is 8.63. The third kappa shape index (κ3) is 3.69. The van der Waals surface area contributed by atoms with Gasteiger partial charge < -0.3 is 4.98 Å². The molecule has 0 amide bonds. The number of aromatic amines is 1. The number of nitrogens with one attached hydrogen (secondary N) is 2. The number of aromatic nitrogens is 2. The van der Waals surface area contributed by atoms with Gasteiger partial charge in [0.2, 0.25) is 10.0 Å². The van der Waals surface area contributed by atoms with E-state index < -0.39 is 10.0 Å². The van der Waals surface area contributed by atoms with Crippen molar-refractivity contribution in [1.29, 1.82) is 0 Å². The van der Waals surface area contributed by atoms with E-state index in [1.807, 2.05) is 42.5 Å². The zero-order valence-electron chi connectivity index (χ0n) is 13.9. The lowest BCUT2D eigenvalue weighted by Gasteiger charge is -2.08. The van der Waals surface area contributed by atoms with Gasteiger partial charge in [0, 0.05) is 5.92 Å². The fourth-order valence-corrected chi connectivity index (χ4v) is 4.68. The highest BCUT2D eigenvalue weighted by Gasteiger charge is 2.20. The molecule has 2 aromatic carbocycles. The van der Waals surface area contributed by atoms with Crippen molar-refractivity contribution in [1.82, 2.24) is 9.97 Å². The summed E-state index contributed by atoms with van der Waals surface area (Å²) in [4.78, 5) is 8.03. The second-order valence-electron chi connectivity index (χ2n) is 6.68. The van der Waals surface area contributed by atoms with Gasteiger partial charge in [0.25, 0.3) is 0 Å². The summed E-state index contributed by atoms with van der Waals surface area (Å²) in [6.45, 7) is 0. The van der Waals surface area contributed by atoms with Crippen molar-refractivity contribution in [3.05, 3.63) is 59.9 Å². The number of rotatable bonds is 5. The third-order valence-corrected chi connectivity index (χ3v) is 5.98. The van der Waals surface area contributed by atoms with Crippen LogP contribution in [0.25, 0.3) is 11.0 Å². The van der Waals surface area contributed by atoms with E-state index in [0.717, 1.165) is 22.4 Å². The predicted molar refractivity (Wildman–Crippen MR) is 100.0 cm³/mol. The van der Waals surface area contributed by atoms with Crippen LogP contribution in [0.15, 0.2) is 48.5 Å². The van der Waals surface area contributed by atoms with E-state index >= 15 is 0 Å². The zero-order chi connectivity index (χ0) is 17.3. The lowest BCUT2D eigenvalue weighted by atomic mass is 10.1. The van der Waals surface area contributed by atoms with Gasteiger partial charge in [-0.3, -0.25) is 4.72 Å². The molecular weight excluding hydrogens is 334 g/mol. The van der Waals surface area contributed by atoms with E-state index in [1.165, 1.54) is 25.7 Å². The van der Waals surface area contributed by atoms with Crippen LogP contribution in [0.2, 0.25) is 0 Å². The molecule has 1 aliphatic carbocycles. The van der Waals surface area contributed by atoms with Crippen LogP contribution in [0.5, 0.6) is 0 Å². The zero-order valence-corrected chi connectivity index (χ0v) is 14.7. The van der Waals surface area contributed by atoms with Crippen LogP contribution >= 0.6 is 0 Å². The van der Waals surface area contributed by atoms with E-state index in [2.05, 4.69) is 14.7 Å². The minimum atomic E-state index is -3.45. The first kappa shape index (κ1) is 16.1. The number of imidazole rings is 1. The Bertz CT molecular complexity index is 974. The topological polar surface area (TPSA) is 74.8 Å². The molecule has 4 rings (SSSR count). The maximum atomic E-state index is 12.4. The average molecular weight is 355 g/mol. The molecule has 1 fully saturated rings. The molecule has 25 heavy (non-hydrogen) atoms. The Labute approximate surface area is 147 Å². The number of benzene rings is 2. The molecule has 5 nitrogen and oxygen atoms in total. The number of hydrogen-bond donors (Lipinski definition) is 2. The molecule has 0 bridgehead atoms. The molecule has 1 aromatic heterocycles. The minimum absolute atomic E-state index is 0.0395. The number of H-pyrrole nitrogens is 1. The highest BCUT2D eigenvalue weighted by Crippen LogP contribution is 2.33. The average Bonchev–Trinajstić information content (AvgIpc) is 3.23. The van der Waals surface area contributed by atoms with Gasteiger partial charge in [-0.05, 0) is 36.6 Å². The molecule has 0 atom stereocenters. The summed E-state index contributed by atoms with van der Waals surface area (Å²) in [6.07, 6.45) is 4.87. The summed E-state index contributed by atoms with van der Waals surface area (Å²) < 4.78 is 27.4. The van der Waals surface area contributed by atoms with Crippen molar-refractivity contribution in [2.45, 2.75) is 37.4 Å². The molecule has 0 radical (unpaired) electrons. The van der Waals surface area contributed by atoms with Gasteiger partial charge in [0.15, 0.2) is 0 Å². The molecular formula is C19H21N3O2S. The summed E-state index contributed by atoms with van der Waals surface area (Å²) in [5.41, 5.74) is 3.08. The maximum Gasteiger partial charge on any atom is 0.236 e. The maximum absolute atomic E-state index is 12.4. The molecule has 6 heteroatoms. The van der Waals surface area contributed by atoms with Gasteiger partial charge in [-0.15, -0.1) is 0 Å². The molecule has 1 saturated carbocycles. The molecule has 0 saturated heterocycles. The van der Waals surface area contributed by atoms with Gasteiger partial charge in [0.05, 0.1) is 22.5 Å². The first-order valence-corrected chi connectivity index (χ1v) is 10.3. The minimum Gasteiger partial charge on any atom is -0.342 e. The number of hydrogen-bond acceptors (Lipinski definition) is 3. The van der Waals surface area contributed by atoms with Gasteiger partial charge in [-0.1, -0.05) is 43.2 Å². The smallest absolute Gasteiger partial charge is 0.236 e. The van der Waals surface area contributed by atoms with Gasteiger partial charge in [-0.25, -0.2) is 13.4 Å². The molecule has 0 aliphatic heterocycles. The summed E-state index contributed by atoms with van der Waals surface area (Å²) in [7, 11) is -3.45. The largest absolute Gasteiger partial charge is 0.342 e. The van der Waals surface area contributed by atoms with Gasteiger partial charge >= 0.3 is 0 Å². The second-order valence-corrected chi connectivity index (χ2v) is 8.40. The SMILES string of the molecule is O=S(=O)(Cc1ccccc1)Nc1ccc2nc(C3CCCC3)[nH]c2c1. The second kappa shape index (κ2) is 6.52.